The predicted octanol–water partition coefficient (Wildman–Crippen LogP) is 5.94. The second-order valence-electron chi connectivity index (χ2n) is 9.63. The van der Waals surface area contributed by atoms with Crippen molar-refractivity contribution >= 4 is 40.2 Å². The van der Waals surface area contributed by atoms with Crippen LogP contribution >= 0.6 is 23.7 Å². The van der Waals surface area contributed by atoms with Gasteiger partial charge in [0.25, 0.3) is 0 Å². The van der Waals surface area contributed by atoms with E-state index in [2.05, 4.69) is 33.5 Å². The summed E-state index contributed by atoms with van der Waals surface area (Å²) in [5.74, 6) is 2.70. The zero-order valence-electron chi connectivity index (χ0n) is 23.5. The summed E-state index contributed by atoms with van der Waals surface area (Å²) in [6.07, 6.45) is 2.18. The third kappa shape index (κ3) is 9.44. The molecule has 1 N–H and O–H groups in total. The van der Waals surface area contributed by atoms with Crippen LogP contribution in [0.4, 0.5) is 18.9 Å². The van der Waals surface area contributed by atoms with Gasteiger partial charge in [-0.05, 0) is 75.6 Å². The number of piperazine rings is 1. The lowest BCUT2D eigenvalue weighted by atomic mass is 9.95. The standard InChI is InChI=1S/C17H23F3N2OS2.C8H15NOS.C2H6/c1-4-15(24-3)25-22-11-9-21(10-12-22)14-7-5-13(6-8-14)16(2,23)17(18,19)20;1-9-4-5-11(10)6-8(9)7-2-3-7;1-2/h4-8,23H,9-12H2,1-3H3;7-8H,2-6H2,1H3;1-2H3/b15-4+;;. The predicted molar refractivity (Wildman–Crippen MR) is 159 cm³/mol. The van der Waals surface area contributed by atoms with Crippen molar-refractivity contribution in [3.63, 3.8) is 0 Å². The minimum absolute atomic E-state index is 0.143. The molecule has 0 spiro atoms. The molecule has 1 aromatic rings. The third-order valence-corrected chi connectivity index (χ3v) is 10.8. The first kappa shape index (κ1) is 33.5. The number of allylic oxidation sites excluding steroid dienone is 1. The van der Waals surface area contributed by atoms with E-state index in [1.807, 2.05) is 20.8 Å². The molecule has 4 rings (SSSR count). The summed E-state index contributed by atoms with van der Waals surface area (Å²) in [5, 5.41) is 9.73. The lowest BCUT2D eigenvalue weighted by Crippen LogP contribution is -2.45. The highest BCUT2D eigenvalue weighted by Crippen LogP contribution is 2.39. The van der Waals surface area contributed by atoms with Gasteiger partial charge in [-0.2, -0.15) is 13.2 Å². The summed E-state index contributed by atoms with van der Waals surface area (Å²) in [4.78, 5) is 4.54. The lowest BCUT2D eigenvalue weighted by molar-refractivity contribution is -0.258. The first-order valence-electron chi connectivity index (χ1n) is 13.3. The maximum atomic E-state index is 12.9. The minimum Gasteiger partial charge on any atom is -0.376 e. The maximum absolute atomic E-state index is 12.9. The molecule has 2 saturated heterocycles. The van der Waals surface area contributed by atoms with Gasteiger partial charge in [-0.3, -0.25) is 4.21 Å². The molecule has 218 valence electrons. The molecule has 1 saturated carbocycles. The van der Waals surface area contributed by atoms with Crippen LogP contribution in [-0.2, 0) is 16.4 Å². The zero-order valence-corrected chi connectivity index (χ0v) is 25.9. The van der Waals surface area contributed by atoms with E-state index in [0.717, 1.165) is 62.8 Å². The van der Waals surface area contributed by atoms with Crippen LogP contribution in [0, 0.1) is 5.92 Å². The van der Waals surface area contributed by atoms with Crippen molar-refractivity contribution in [2.24, 2.45) is 5.92 Å². The summed E-state index contributed by atoms with van der Waals surface area (Å²) in [6.45, 7) is 11.2. The highest BCUT2D eigenvalue weighted by atomic mass is 32.2. The number of hydrogen-bond acceptors (Lipinski definition) is 7. The Hall–Kier alpha value is -0.720. The fourth-order valence-corrected chi connectivity index (χ4v) is 7.44. The molecular formula is C27H44F3N3O2S3. The van der Waals surface area contributed by atoms with Crippen molar-refractivity contribution in [3.05, 3.63) is 40.1 Å². The summed E-state index contributed by atoms with van der Waals surface area (Å²) in [7, 11) is 1.65. The molecule has 0 bridgehead atoms. The molecule has 3 fully saturated rings. The summed E-state index contributed by atoms with van der Waals surface area (Å²) < 4.78 is 53.5. The maximum Gasteiger partial charge on any atom is 0.421 e. The molecule has 0 radical (unpaired) electrons. The molecular weight excluding hydrogens is 552 g/mol. The zero-order chi connectivity index (χ0) is 28.5. The van der Waals surface area contributed by atoms with Gasteiger partial charge in [0.2, 0.25) is 0 Å². The van der Waals surface area contributed by atoms with Gasteiger partial charge in [-0.1, -0.05) is 32.1 Å². The Balaban J connectivity index is 0.000000321. The molecule has 3 atom stereocenters. The summed E-state index contributed by atoms with van der Waals surface area (Å²) in [5.41, 5.74) is -2.10. The lowest BCUT2D eigenvalue weighted by Gasteiger charge is -2.35. The average Bonchev–Trinajstić information content (AvgIpc) is 3.75. The molecule has 3 aliphatic rings. The molecule has 3 unspecified atom stereocenters. The minimum atomic E-state index is -4.70. The number of hydrogen-bond donors (Lipinski definition) is 1. The van der Waals surface area contributed by atoms with Gasteiger partial charge in [-0.25, -0.2) is 4.31 Å². The van der Waals surface area contributed by atoms with Crippen molar-refractivity contribution in [2.75, 3.05) is 62.4 Å². The second kappa shape index (κ2) is 15.3. The van der Waals surface area contributed by atoms with Crippen LogP contribution < -0.4 is 4.90 Å². The molecule has 5 nitrogen and oxygen atoms in total. The molecule has 11 heteroatoms. The Bertz CT molecular complexity index is 901. The van der Waals surface area contributed by atoms with E-state index in [1.54, 1.807) is 35.8 Å². The highest BCUT2D eigenvalue weighted by Gasteiger charge is 2.51. The average molecular weight is 596 g/mol. The van der Waals surface area contributed by atoms with Crippen LogP contribution in [0.5, 0.6) is 0 Å². The van der Waals surface area contributed by atoms with E-state index < -0.39 is 22.6 Å². The molecule has 0 aromatic heterocycles. The number of benzene rings is 1. The highest BCUT2D eigenvalue weighted by molar-refractivity contribution is 8.20. The summed E-state index contributed by atoms with van der Waals surface area (Å²) >= 11 is 3.46. The van der Waals surface area contributed by atoms with E-state index in [-0.39, 0.29) is 5.56 Å². The number of anilines is 1. The molecule has 2 heterocycles. The van der Waals surface area contributed by atoms with Crippen LogP contribution in [0.1, 0.15) is 46.1 Å². The van der Waals surface area contributed by atoms with Crippen molar-refractivity contribution in [2.45, 2.75) is 58.4 Å². The first-order valence-corrected chi connectivity index (χ1v) is 16.8. The fraction of sp³-hybridized carbons (Fsp3) is 0.704. The van der Waals surface area contributed by atoms with E-state index in [4.69, 9.17) is 0 Å². The second-order valence-corrected chi connectivity index (χ2v) is 13.5. The SMILES string of the molecule is C/C=C(\SC)SN1CCN(c2ccc(C(C)(O)C(F)(F)F)cc2)CC1.CC.CN1CCS(=O)CC1C1CC1. The van der Waals surface area contributed by atoms with Crippen molar-refractivity contribution in [1.82, 2.24) is 9.21 Å². The Morgan fingerprint density at radius 1 is 1.08 bits per heavy atom. The smallest absolute Gasteiger partial charge is 0.376 e. The van der Waals surface area contributed by atoms with Gasteiger partial charge >= 0.3 is 6.18 Å². The van der Waals surface area contributed by atoms with E-state index >= 15 is 0 Å². The number of aliphatic hydroxyl groups is 1. The molecule has 1 aromatic carbocycles. The Morgan fingerprint density at radius 3 is 2.13 bits per heavy atom. The number of halogens is 3. The first-order chi connectivity index (χ1) is 18.0. The van der Waals surface area contributed by atoms with Crippen LogP contribution in [0.3, 0.4) is 0 Å². The normalized spacial score (nSPS) is 25.0. The van der Waals surface area contributed by atoms with Crippen LogP contribution in [0.15, 0.2) is 34.6 Å². The quantitative estimate of drug-likeness (QED) is 0.409. The van der Waals surface area contributed by atoms with Crippen molar-refractivity contribution in [1.29, 1.82) is 0 Å². The molecule has 1 aliphatic carbocycles. The van der Waals surface area contributed by atoms with Crippen LogP contribution in [-0.4, -0.2) is 88.3 Å². The Morgan fingerprint density at radius 2 is 1.66 bits per heavy atom. The van der Waals surface area contributed by atoms with Gasteiger partial charge in [0.1, 0.15) is 0 Å². The third-order valence-electron chi connectivity index (χ3n) is 7.00. The monoisotopic (exact) mass is 595 g/mol. The number of alkyl halides is 3. The van der Waals surface area contributed by atoms with Crippen LogP contribution in [0.2, 0.25) is 0 Å². The topological polar surface area (TPSA) is 47.0 Å². The number of nitrogens with zero attached hydrogens (tertiary/aromatic N) is 3. The molecule has 0 amide bonds. The van der Waals surface area contributed by atoms with Crippen LogP contribution in [0.25, 0.3) is 0 Å². The van der Waals surface area contributed by atoms with Gasteiger partial charge in [0.05, 0.1) is 4.24 Å². The summed E-state index contributed by atoms with van der Waals surface area (Å²) in [6, 6.07) is 6.66. The van der Waals surface area contributed by atoms with E-state index in [9.17, 15) is 22.5 Å². The molecule has 38 heavy (non-hydrogen) atoms. The Labute approximate surface area is 238 Å². The van der Waals surface area contributed by atoms with Gasteiger partial charge in [0, 0.05) is 66.8 Å². The molecule has 2 aliphatic heterocycles. The Kier molecular flexibility index (Phi) is 13.5. The van der Waals surface area contributed by atoms with E-state index in [1.165, 1.54) is 29.2 Å². The number of thioether (sulfide) groups is 1. The largest absolute Gasteiger partial charge is 0.421 e. The fourth-order valence-electron chi connectivity index (χ4n) is 4.32. The van der Waals surface area contributed by atoms with Crippen molar-refractivity contribution in [3.8, 4) is 0 Å². The van der Waals surface area contributed by atoms with Gasteiger partial charge in [-0.15, -0.1) is 11.8 Å². The van der Waals surface area contributed by atoms with Gasteiger partial charge in [0.15, 0.2) is 5.60 Å². The number of rotatable bonds is 6. The van der Waals surface area contributed by atoms with E-state index in [0.29, 0.717) is 6.04 Å². The van der Waals surface area contributed by atoms with Gasteiger partial charge < -0.3 is 14.9 Å². The van der Waals surface area contributed by atoms with Crippen molar-refractivity contribution < 1.29 is 22.5 Å².